The number of phenols is 1. The molecule has 2 aromatic heterocycles. The van der Waals surface area contributed by atoms with Crippen LogP contribution in [-0.4, -0.2) is 98.9 Å². The zero-order valence-corrected chi connectivity index (χ0v) is 35.5. The van der Waals surface area contributed by atoms with Crippen LogP contribution in [-0.2, 0) is 19.1 Å². The fraction of sp³-hybridized carbons (Fsp3) is 0.432. The number of para-hydroxylation sites is 1. The number of piperidine rings is 1. The van der Waals surface area contributed by atoms with Crippen LogP contribution in [0.3, 0.4) is 0 Å². The Morgan fingerprint density at radius 2 is 1.77 bits per heavy atom. The van der Waals surface area contributed by atoms with Crippen molar-refractivity contribution in [1.82, 2.24) is 30.3 Å². The lowest BCUT2D eigenvalue weighted by Crippen LogP contribution is -2.50. The summed E-state index contributed by atoms with van der Waals surface area (Å²) in [5, 5.41) is 33.1. The molecule has 2 aliphatic rings. The molecule has 2 aromatic carbocycles. The van der Waals surface area contributed by atoms with Crippen LogP contribution >= 0.6 is 11.3 Å². The molecule has 318 valence electrons. The fourth-order valence-electron chi connectivity index (χ4n) is 7.89. The van der Waals surface area contributed by atoms with Gasteiger partial charge in [-0.1, -0.05) is 50.2 Å². The minimum atomic E-state index is -1.00. The Balaban J connectivity index is 0.956. The number of nitrogen functional groups attached to an aromatic ring is 1. The van der Waals surface area contributed by atoms with Gasteiger partial charge in [0.1, 0.15) is 30.2 Å². The minimum absolute atomic E-state index is 0.0472. The second kappa shape index (κ2) is 19.9. The zero-order chi connectivity index (χ0) is 42.9. The first kappa shape index (κ1) is 43.7. The topological polar surface area (TPSA) is 226 Å². The highest BCUT2D eigenvalue weighted by atomic mass is 32.1. The van der Waals surface area contributed by atoms with Gasteiger partial charge in [-0.05, 0) is 93.8 Å². The number of phenolic OH excluding ortho intramolecular Hbond substituents is 1. The Bertz CT molecular complexity index is 2180. The highest BCUT2D eigenvalue weighted by Gasteiger charge is 2.40. The van der Waals surface area contributed by atoms with E-state index in [1.165, 1.54) is 6.08 Å². The number of anilines is 1. The third kappa shape index (κ3) is 10.6. The number of hydrogen-bond donors (Lipinski definition) is 6. The molecule has 2 saturated heterocycles. The molecule has 0 aliphatic carbocycles. The lowest BCUT2D eigenvalue weighted by molar-refractivity contribution is -0.146. The number of aromatic nitrogens is 3. The molecule has 0 saturated carbocycles. The summed E-state index contributed by atoms with van der Waals surface area (Å²) >= 11 is 1.59. The number of ether oxygens (including phenoxy) is 1. The number of ketones is 1. The van der Waals surface area contributed by atoms with Gasteiger partial charge in [0.05, 0.1) is 33.5 Å². The number of amidine groups is 1. The second-order valence-corrected chi connectivity index (χ2v) is 16.8. The molecular weight excluding hydrogens is 781 g/mol. The molecule has 0 spiro atoms. The number of aryl methyl sites for hydroxylation is 1. The number of carbonyl (C=O) groups excluding carboxylic acids is 3. The first-order valence-electron chi connectivity index (χ1n) is 20.5. The van der Waals surface area contributed by atoms with Gasteiger partial charge in [0.15, 0.2) is 17.4 Å². The molecule has 16 heteroatoms. The Labute approximate surface area is 355 Å². The van der Waals surface area contributed by atoms with E-state index in [0.717, 1.165) is 47.6 Å². The number of nitrogens with one attached hydrogen (secondary N) is 3. The summed E-state index contributed by atoms with van der Waals surface area (Å²) < 4.78 is 5.76. The largest absolute Gasteiger partial charge is 0.507 e. The third-order valence-electron chi connectivity index (χ3n) is 11.3. The fourth-order valence-corrected chi connectivity index (χ4v) is 8.70. The van der Waals surface area contributed by atoms with Crippen LogP contribution in [0.4, 0.5) is 5.69 Å². The van der Waals surface area contributed by atoms with E-state index in [9.17, 15) is 19.5 Å². The van der Waals surface area contributed by atoms with E-state index in [1.807, 2.05) is 57.5 Å². The van der Waals surface area contributed by atoms with E-state index in [1.54, 1.807) is 46.6 Å². The Hall–Kier alpha value is -5.87. The van der Waals surface area contributed by atoms with E-state index in [2.05, 4.69) is 30.7 Å². The Kier molecular flexibility index (Phi) is 14.5. The van der Waals surface area contributed by atoms with Crippen molar-refractivity contribution in [1.29, 1.82) is 5.41 Å². The minimum Gasteiger partial charge on any atom is -0.507 e. The highest BCUT2D eigenvalue weighted by Crippen LogP contribution is 2.31. The van der Waals surface area contributed by atoms with Gasteiger partial charge in [-0.2, -0.15) is 0 Å². The molecule has 6 rings (SSSR count). The zero-order valence-electron chi connectivity index (χ0n) is 34.7. The summed E-state index contributed by atoms with van der Waals surface area (Å²) in [4.78, 5) is 50.3. The first-order chi connectivity index (χ1) is 28.8. The van der Waals surface area contributed by atoms with Crippen LogP contribution in [0.15, 0.2) is 72.1 Å². The lowest BCUT2D eigenvalue weighted by Gasteiger charge is -2.32. The first-order valence-corrected chi connectivity index (χ1v) is 21.4. The van der Waals surface area contributed by atoms with Crippen LogP contribution in [0.2, 0.25) is 0 Å². The number of hydrogen-bond acceptors (Lipinski definition) is 13. The number of thiazole rings is 1. The average Bonchev–Trinajstić information content (AvgIpc) is 3.90. The molecule has 60 heavy (non-hydrogen) atoms. The molecule has 0 radical (unpaired) electrons. The lowest BCUT2D eigenvalue weighted by atomic mass is 9.89. The molecule has 15 nitrogen and oxygen atoms in total. The maximum Gasteiger partial charge on any atom is 0.243 e. The number of benzene rings is 2. The number of nitrogens with two attached hydrogens (primary N) is 2. The number of amides is 2. The van der Waals surface area contributed by atoms with Crippen LogP contribution in [0.25, 0.3) is 21.7 Å². The van der Waals surface area contributed by atoms with E-state index in [4.69, 9.17) is 21.6 Å². The molecule has 0 bridgehead atoms. The average molecular weight is 837 g/mol. The maximum atomic E-state index is 13.9. The predicted molar refractivity (Wildman–Crippen MR) is 233 cm³/mol. The van der Waals surface area contributed by atoms with Crippen LogP contribution < -0.4 is 22.1 Å². The molecule has 3 unspecified atom stereocenters. The summed E-state index contributed by atoms with van der Waals surface area (Å²) in [6.07, 6.45) is 4.24. The number of likely N-dealkylation sites (tertiary alicyclic amines) is 2. The Morgan fingerprint density at radius 3 is 2.43 bits per heavy atom. The number of carbonyl (C=O) groups is 3. The van der Waals surface area contributed by atoms with E-state index < -0.39 is 17.7 Å². The number of aromatic hydroxyl groups is 1. The summed E-state index contributed by atoms with van der Waals surface area (Å²) in [5.74, 6) is -2.18. The molecule has 2 amide bonds. The quantitative estimate of drug-likeness (QED) is 0.0265. The smallest absolute Gasteiger partial charge is 0.243 e. The van der Waals surface area contributed by atoms with Crippen molar-refractivity contribution < 1.29 is 24.2 Å². The van der Waals surface area contributed by atoms with Crippen LogP contribution in [0.1, 0.15) is 69.4 Å². The van der Waals surface area contributed by atoms with Crippen molar-refractivity contribution in [2.45, 2.75) is 65.5 Å². The summed E-state index contributed by atoms with van der Waals surface area (Å²) in [5.41, 5.74) is 18.6. The van der Waals surface area contributed by atoms with Gasteiger partial charge >= 0.3 is 0 Å². The van der Waals surface area contributed by atoms with Gasteiger partial charge in [-0.15, -0.1) is 21.5 Å². The normalized spacial score (nSPS) is 17.3. The van der Waals surface area contributed by atoms with Crippen molar-refractivity contribution in [2.75, 3.05) is 44.6 Å². The number of allylic oxidation sites excluding steroid dienone is 1. The highest BCUT2D eigenvalue weighted by molar-refractivity contribution is 7.13. The van der Waals surface area contributed by atoms with Crippen molar-refractivity contribution in [3.05, 3.63) is 89.0 Å². The molecule has 4 aromatic rings. The second-order valence-electron chi connectivity index (χ2n) is 15.9. The van der Waals surface area contributed by atoms with Crippen molar-refractivity contribution >= 4 is 40.5 Å². The Morgan fingerprint density at radius 1 is 1.03 bits per heavy atom. The van der Waals surface area contributed by atoms with Gasteiger partial charge in [-0.3, -0.25) is 24.7 Å². The van der Waals surface area contributed by atoms with Gasteiger partial charge in [-0.25, -0.2) is 4.98 Å². The number of rotatable bonds is 17. The predicted octanol–water partition coefficient (Wildman–Crippen LogP) is 5.22. The van der Waals surface area contributed by atoms with Crippen LogP contribution in [0.5, 0.6) is 5.75 Å². The van der Waals surface area contributed by atoms with Crippen molar-refractivity contribution in [3.63, 3.8) is 0 Å². The van der Waals surface area contributed by atoms with Crippen molar-refractivity contribution in [3.8, 4) is 27.4 Å². The molecular formula is C44H56N10O5S. The number of nitrogens with zero attached hydrogens (tertiary/aromatic N) is 5. The van der Waals surface area contributed by atoms with Gasteiger partial charge in [0, 0.05) is 31.3 Å². The van der Waals surface area contributed by atoms with E-state index in [0.29, 0.717) is 55.3 Å². The van der Waals surface area contributed by atoms with E-state index in [-0.39, 0.29) is 53.5 Å². The molecule has 4 heterocycles. The maximum absolute atomic E-state index is 13.9. The van der Waals surface area contributed by atoms with Gasteiger partial charge in [0.25, 0.3) is 0 Å². The van der Waals surface area contributed by atoms with Gasteiger partial charge in [0.2, 0.25) is 11.8 Å². The SMILES string of the molecule is Cc1ncsc1-c1ccc(C(C)NC(=O)C2CCCN2C(=O)C(C(=O)C=C(N)OCCN2CCC(CNc3cc(-c4ccccc4O)nnc3C(=N)N)CC2)C(C)C)cc1. The monoisotopic (exact) mass is 836 g/mol. The summed E-state index contributed by atoms with van der Waals surface area (Å²) in [6.45, 7) is 11.1. The molecule has 2 aliphatic heterocycles. The summed E-state index contributed by atoms with van der Waals surface area (Å²) in [7, 11) is 0. The van der Waals surface area contributed by atoms with Crippen molar-refractivity contribution in [2.24, 2.45) is 29.2 Å². The molecule has 2 fully saturated rings. The summed E-state index contributed by atoms with van der Waals surface area (Å²) in [6, 6.07) is 15.7. The standard InChI is InChI=1S/C44H56N10O5S/c1-26(2)39(44(58)54-17-7-9-35(54)43(57)50-27(3)30-11-13-31(14-12-30)41-28(4)49-25-60-41)37(56)23-38(45)59-21-20-53-18-15-29(16-19-53)24-48-34-22-33(51-52-40(34)42(46)47)32-8-5-6-10-36(32)55/h5-6,8,10-14,22-23,25-27,29,35,39,55H,7,9,15-21,24,45H2,1-4H3,(H3,46,47)(H,48,51)(H,50,57). The van der Waals surface area contributed by atoms with E-state index >= 15 is 0 Å². The molecule has 8 N–H and O–H groups in total. The van der Waals surface area contributed by atoms with Crippen LogP contribution in [0, 0.1) is 30.1 Å². The molecule has 3 atom stereocenters. The van der Waals surface area contributed by atoms with Gasteiger partial charge < -0.3 is 36.8 Å². The third-order valence-corrected chi connectivity index (χ3v) is 12.3.